The summed E-state index contributed by atoms with van der Waals surface area (Å²) < 4.78 is 58.3. The van der Waals surface area contributed by atoms with E-state index in [-0.39, 0.29) is 16.5 Å². The number of benzene rings is 2. The third-order valence-corrected chi connectivity index (χ3v) is 5.21. The number of aromatic nitrogens is 3. The molecule has 0 aliphatic rings. The lowest BCUT2D eigenvalue weighted by molar-refractivity contribution is 0.0111. The van der Waals surface area contributed by atoms with Gasteiger partial charge in [-0.25, -0.2) is 13.3 Å². The van der Waals surface area contributed by atoms with Gasteiger partial charge in [0.25, 0.3) is 5.91 Å². The molecule has 0 spiro atoms. The van der Waals surface area contributed by atoms with E-state index in [0.29, 0.717) is 11.2 Å². The molecular formula is C22H14ClF4N5O2. The summed E-state index contributed by atoms with van der Waals surface area (Å²) in [4.78, 5) is 28.6. The highest BCUT2D eigenvalue weighted by Crippen LogP contribution is 2.30. The van der Waals surface area contributed by atoms with Crippen LogP contribution < -0.4 is 11.1 Å². The first-order valence-electron chi connectivity index (χ1n) is 9.63. The van der Waals surface area contributed by atoms with E-state index in [1.54, 1.807) is 0 Å². The fraction of sp³-hybridized carbons (Fsp3) is 0.0909. The van der Waals surface area contributed by atoms with E-state index in [2.05, 4.69) is 10.1 Å². The Balaban J connectivity index is 1.58. The third-order valence-electron chi connectivity index (χ3n) is 4.89. The largest absolute Gasteiger partial charge is 0.366 e. The monoisotopic (exact) mass is 491 g/mol. The fourth-order valence-corrected chi connectivity index (χ4v) is 3.45. The number of nitrogens with two attached hydrogens (primary N) is 1. The van der Waals surface area contributed by atoms with Gasteiger partial charge in [-0.2, -0.15) is 13.8 Å². The maximum Gasteiger partial charge on any atom is 0.326 e. The van der Waals surface area contributed by atoms with Crippen LogP contribution in [0.4, 0.5) is 23.5 Å². The van der Waals surface area contributed by atoms with Gasteiger partial charge in [-0.1, -0.05) is 11.6 Å². The minimum atomic E-state index is -4.04. The highest BCUT2D eigenvalue weighted by Gasteiger charge is 2.40. The summed E-state index contributed by atoms with van der Waals surface area (Å²) in [5, 5.41) is 5.43. The molecule has 0 radical (unpaired) electrons. The number of carbonyl (C=O) groups excluding carboxylic acids is 2. The number of nitrogens with zero attached hydrogens (tertiary/aromatic N) is 3. The first-order valence-corrected chi connectivity index (χ1v) is 10.0. The molecular weight excluding hydrogens is 478 g/mol. The highest BCUT2D eigenvalue weighted by molar-refractivity contribution is 6.34. The Hall–Kier alpha value is -3.99. The Labute approximate surface area is 194 Å². The van der Waals surface area contributed by atoms with Gasteiger partial charge in [0.1, 0.15) is 11.6 Å². The molecule has 2 aromatic carbocycles. The van der Waals surface area contributed by atoms with Crippen LogP contribution in [-0.2, 0) is 0 Å². The summed E-state index contributed by atoms with van der Waals surface area (Å²) in [7, 11) is 0. The Morgan fingerprint density at radius 3 is 2.50 bits per heavy atom. The second-order valence-corrected chi connectivity index (χ2v) is 7.60. The van der Waals surface area contributed by atoms with E-state index in [4.69, 9.17) is 17.3 Å². The van der Waals surface area contributed by atoms with Crippen LogP contribution in [0.15, 0.2) is 54.7 Å². The second-order valence-electron chi connectivity index (χ2n) is 7.20. The number of anilines is 1. The van der Waals surface area contributed by atoms with Crippen molar-refractivity contribution in [3.05, 3.63) is 82.5 Å². The minimum Gasteiger partial charge on any atom is -0.366 e. The van der Waals surface area contributed by atoms with Gasteiger partial charge in [0.05, 0.1) is 17.1 Å². The number of ketones is 1. The molecule has 7 nitrogen and oxygen atoms in total. The quantitative estimate of drug-likeness (QED) is 0.311. The van der Waals surface area contributed by atoms with E-state index in [0.717, 1.165) is 24.3 Å². The van der Waals surface area contributed by atoms with Gasteiger partial charge < -0.3 is 11.1 Å². The predicted octanol–water partition coefficient (Wildman–Crippen LogP) is 4.16. The van der Waals surface area contributed by atoms with Crippen LogP contribution in [0.1, 0.15) is 20.7 Å². The van der Waals surface area contributed by atoms with Crippen LogP contribution in [0.5, 0.6) is 0 Å². The molecule has 2 heterocycles. The average Bonchev–Trinajstić information content (AvgIpc) is 3.17. The first-order chi connectivity index (χ1) is 16.1. The first kappa shape index (κ1) is 23.2. The third kappa shape index (κ3) is 4.42. The number of hydrogen-bond donors (Lipinski definition) is 2. The molecule has 0 saturated heterocycles. The fourth-order valence-electron chi connectivity index (χ4n) is 3.22. The van der Waals surface area contributed by atoms with Gasteiger partial charge in [0.15, 0.2) is 5.65 Å². The number of nitrogen functional groups attached to an aromatic ring is 1. The lowest BCUT2D eigenvalue weighted by atomic mass is 10.0. The number of hydrogen-bond acceptors (Lipinski definition) is 5. The van der Waals surface area contributed by atoms with E-state index in [1.165, 1.54) is 35.0 Å². The van der Waals surface area contributed by atoms with Crippen molar-refractivity contribution in [2.45, 2.75) is 5.92 Å². The normalized spacial score (nSPS) is 11.6. The molecule has 0 unspecified atom stereocenters. The van der Waals surface area contributed by atoms with E-state index >= 15 is 4.39 Å². The zero-order valence-corrected chi connectivity index (χ0v) is 17.8. The minimum absolute atomic E-state index is 0.00454. The molecule has 0 aliphatic heterocycles. The van der Waals surface area contributed by atoms with E-state index in [9.17, 15) is 22.8 Å². The summed E-state index contributed by atoms with van der Waals surface area (Å²) in [5.41, 5.74) is 4.98. The molecule has 3 N–H and O–H groups in total. The number of carbonyl (C=O) groups is 2. The van der Waals surface area contributed by atoms with Crippen molar-refractivity contribution < 1.29 is 27.2 Å². The van der Waals surface area contributed by atoms with Crippen LogP contribution in [0, 0.1) is 11.6 Å². The van der Waals surface area contributed by atoms with Crippen molar-refractivity contribution in [1.29, 1.82) is 0 Å². The maximum atomic E-state index is 15.3. The topological polar surface area (TPSA) is 102 Å². The van der Waals surface area contributed by atoms with Crippen LogP contribution in [0.2, 0.25) is 5.02 Å². The lowest BCUT2D eigenvalue weighted by Crippen LogP contribution is -2.42. The summed E-state index contributed by atoms with van der Waals surface area (Å²) in [5.74, 6) is -8.67. The van der Waals surface area contributed by atoms with Crippen LogP contribution in [-0.4, -0.2) is 38.8 Å². The second kappa shape index (κ2) is 8.75. The van der Waals surface area contributed by atoms with Gasteiger partial charge in [-0.15, -0.1) is 5.10 Å². The molecule has 0 saturated carbocycles. The molecule has 0 bridgehead atoms. The van der Waals surface area contributed by atoms with Gasteiger partial charge in [0, 0.05) is 17.3 Å². The Kier molecular flexibility index (Phi) is 5.96. The summed E-state index contributed by atoms with van der Waals surface area (Å²) >= 11 is 5.97. The van der Waals surface area contributed by atoms with Crippen molar-refractivity contribution >= 4 is 34.9 Å². The number of rotatable bonds is 6. The van der Waals surface area contributed by atoms with Crippen molar-refractivity contribution in [1.82, 2.24) is 19.9 Å². The summed E-state index contributed by atoms with van der Waals surface area (Å²) in [6, 6.07) is 9.01. The van der Waals surface area contributed by atoms with Crippen molar-refractivity contribution in [2.75, 3.05) is 12.3 Å². The van der Waals surface area contributed by atoms with Gasteiger partial charge in [-0.3, -0.25) is 9.59 Å². The molecule has 2 aromatic heterocycles. The molecule has 1 amide bonds. The number of Topliss-reactive ketones (excluding diaryl/α,β-unsaturated/α-hetero) is 1. The molecule has 0 aliphatic carbocycles. The predicted molar refractivity (Wildman–Crippen MR) is 116 cm³/mol. The number of alkyl halides is 2. The van der Waals surface area contributed by atoms with Crippen LogP contribution in [0.25, 0.3) is 16.8 Å². The van der Waals surface area contributed by atoms with E-state index < -0.39 is 46.9 Å². The Bertz CT molecular complexity index is 1420. The molecule has 0 fully saturated rings. The van der Waals surface area contributed by atoms with Gasteiger partial charge in [0.2, 0.25) is 11.7 Å². The maximum absolute atomic E-state index is 15.3. The van der Waals surface area contributed by atoms with Crippen molar-refractivity contribution in [3.8, 4) is 11.1 Å². The molecule has 12 heteroatoms. The molecule has 174 valence electrons. The van der Waals surface area contributed by atoms with Crippen molar-refractivity contribution in [3.63, 3.8) is 0 Å². The van der Waals surface area contributed by atoms with Gasteiger partial charge in [-0.05, 0) is 54.1 Å². The van der Waals surface area contributed by atoms with Crippen molar-refractivity contribution in [2.24, 2.45) is 0 Å². The number of pyridine rings is 1. The Morgan fingerprint density at radius 1 is 1.09 bits per heavy atom. The number of nitrogens with one attached hydrogen (secondary N) is 1. The Morgan fingerprint density at radius 2 is 1.79 bits per heavy atom. The zero-order chi connectivity index (χ0) is 24.6. The molecule has 4 aromatic rings. The summed E-state index contributed by atoms with van der Waals surface area (Å²) in [6.45, 7) is -1.42. The number of amides is 1. The SMILES string of the molecule is Nc1nc2cc(-c3ccc(Cl)c(C(=O)NCC(F)(F)C(=O)c4ccc(F)cc4)c3F)ccn2n1. The lowest BCUT2D eigenvalue weighted by Gasteiger charge is -2.17. The molecule has 4 rings (SSSR count). The zero-order valence-electron chi connectivity index (χ0n) is 17.0. The van der Waals surface area contributed by atoms with Crippen LogP contribution in [0.3, 0.4) is 0 Å². The number of halogens is 5. The summed E-state index contributed by atoms with van der Waals surface area (Å²) in [6.07, 6.45) is 1.48. The van der Waals surface area contributed by atoms with Gasteiger partial charge >= 0.3 is 5.92 Å². The average molecular weight is 492 g/mol. The number of fused-ring (bicyclic) bond motifs is 1. The highest BCUT2D eigenvalue weighted by atomic mass is 35.5. The standard InChI is InChI=1S/C22H14ClF4N5O2/c23-15-6-5-14(12-7-8-32-16(9-12)30-21(28)31-32)18(25)17(15)20(34)29-10-22(26,27)19(33)11-1-3-13(24)4-2-11/h1-9H,10H2,(H2,28,31)(H,29,34). The van der Waals surface area contributed by atoms with E-state index in [1.807, 2.05) is 5.32 Å². The van der Waals surface area contributed by atoms with Crippen LogP contribution >= 0.6 is 11.6 Å². The molecule has 34 heavy (non-hydrogen) atoms. The molecule has 0 atom stereocenters. The smallest absolute Gasteiger partial charge is 0.326 e.